The molecule has 0 bridgehead atoms. The summed E-state index contributed by atoms with van der Waals surface area (Å²) in [7, 11) is 1.61. The summed E-state index contributed by atoms with van der Waals surface area (Å²) in [5, 5.41) is 5.66. The molecule has 0 aliphatic carbocycles. The van der Waals surface area contributed by atoms with Crippen molar-refractivity contribution in [1.29, 1.82) is 0 Å². The summed E-state index contributed by atoms with van der Waals surface area (Å²) >= 11 is 5.89. The molecule has 2 aromatic rings. The van der Waals surface area contributed by atoms with Crippen molar-refractivity contribution >= 4 is 29.1 Å². The maximum atomic E-state index is 11.9. The maximum Gasteiger partial charge on any atom is 0.313 e. The van der Waals surface area contributed by atoms with Gasteiger partial charge in [-0.25, -0.2) is 0 Å². The lowest BCUT2D eigenvalue weighted by Crippen LogP contribution is -2.36. The van der Waals surface area contributed by atoms with Crippen molar-refractivity contribution in [3.05, 3.63) is 58.6 Å². The Kier molecular flexibility index (Phi) is 6.21. The highest BCUT2D eigenvalue weighted by molar-refractivity contribution is 6.40. The second kappa shape index (κ2) is 8.36. The predicted molar refractivity (Wildman–Crippen MR) is 94.5 cm³/mol. The lowest BCUT2D eigenvalue weighted by Gasteiger charge is -2.09. The van der Waals surface area contributed by atoms with E-state index in [2.05, 4.69) is 10.6 Å². The minimum atomic E-state index is -0.713. The van der Waals surface area contributed by atoms with Crippen LogP contribution in [-0.2, 0) is 16.0 Å². The minimum absolute atomic E-state index is 0.368. The Morgan fingerprint density at radius 3 is 2.46 bits per heavy atom. The van der Waals surface area contributed by atoms with E-state index in [1.54, 1.807) is 25.3 Å². The monoisotopic (exact) mass is 346 g/mol. The molecule has 0 heterocycles. The molecule has 0 aliphatic heterocycles. The standard InChI is InChI=1S/C18H19ClN2O3/c1-12-3-6-14(19)11-16(12)21-18(23)17(22)20-10-9-13-4-7-15(24-2)8-5-13/h3-8,11H,9-10H2,1-2H3,(H,20,22)(H,21,23). The number of carbonyl (C=O) groups is 2. The van der Waals surface area contributed by atoms with E-state index in [0.717, 1.165) is 16.9 Å². The van der Waals surface area contributed by atoms with Crippen LogP contribution >= 0.6 is 11.6 Å². The van der Waals surface area contributed by atoms with Crippen LogP contribution in [0.3, 0.4) is 0 Å². The fraction of sp³-hybridized carbons (Fsp3) is 0.222. The molecule has 2 N–H and O–H groups in total. The van der Waals surface area contributed by atoms with Crippen molar-refractivity contribution < 1.29 is 14.3 Å². The molecule has 0 unspecified atom stereocenters. The molecule has 2 rings (SSSR count). The molecule has 0 saturated carbocycles. The second-order valence-corrected chi connectivity index (χ2v) is 5.70. The molecule has 5 nitrogen and oxygen atoms in total. The number of methoxy groups -OCH3 is 1. The van der Waals surface area contributed by atoms with E-state index < -0.39 is 11.8 Å². The van der Waals surface area contributed by atoms with Gasteiger partial charge in [0.1, 0.15) is 5.75 Å². The van der Waals surface area contributed by atoms with Crippen molar-refractivity contribution in [3.63, 3.8) is 0 Å². The maximum absolute atomic E-state index is 11.9. The topological polar surface area (TPSA) is 67.4 Å². The van der Waals surface area contributed by atoms with Gasteiger partial charge in [-0.05, 0) is 48.7 Å². The molecule has 0 aliphatic rings. The normalized spacial score (nSPS) is 10.1. The lowest BCUT2D eigenvalue weighted by atomic mass is 10.1. The summed E-state index contributed by atoms with van der Waals surface area (Å²) < 4.78 is 5.09. The smallest absolute Gasteiger partial charge is 0.313 e. The molecular weight excluding hydrogens is 328 g/mol. The van der Waals surface area contributed by atoms with Crippen LogP contribution in [0.1, 0.15) is 11.1 Å². The van der Waals surface area contributed by atoms with E-state index in [1.165, 1.54) is 0 Å². The van der Waals surface area contributed by atoms with Crippen LogP contribution in [0.4, 0.5) is 5.69 Å². The number of anilines is 1. The zero-order valence-corrected chi connectivity index (χ0v) is 14.3. The highest BCUT2D eigenvalue weighted by atomic mass is 35.5. The molecule has 0 atom stereocenters. The molecule has 0 saturated heterocycles. The summed E-state index contributed by atoms with van der Waals surface area (Å²) in [6.45, 7) is 2.20. The average molecular weight is 347 g/mol. The van der Waals surface area contributed by atoms with Gasteiger partial charge in [0.25, 0.3) is 0 Å². The quantitative estimate of drug-likeness (QED) is 0.818. The fourth-order valence-electron chi connectivity index (χ4n) is 2.10. The molecule has 2 aromatic carbocycles. The number of benzene rings is 2. The third kappa shape index (κ3) is 4.99. The van der Waals surface area contributed by atoms with Crippen molar-refractivity contribution in [2.75, 3.05) is 19.0 Å². The number of rotatable bonds is 5. The van der Waals surface area contributed by atoms with Crippen LogP contribution in [0.5, 0.6) is 5.75 Å². The third-order valence-corrected chi connectivity index (χ3v) is 3.75. The van der Waals surface area contributed by atoms with E-state index in [4.69, 9.17) is 16.3 Å². The van der Waals surface area contributed by atoms with Gasteiger partial charge in [0.15, 0.2) is 0 Å². The van der Waals surface area contributed by atoms with Gasteiger partial charge in [0, 0.05) is 17.3 Å². The van der Waals surface area contributed by atoms with Gasteiger partial charge in [0.2, 0.25) is 0 Å². The summed E-state index contributed by atoms with van der Waals surface area (Å²) in [5.41, 5.74) is 2.40. The zero-order valence-electron chi connectivity index (χ0n) is 13.6. The van der Waals surface area contributed by atoms with Gasteiger partial charge in [-0.15, -0.1) is 0 Å². The van der Waals surface area contributed by atoms with Crippen molar-refractivity contribution in [3.8, 4) is 5.75 Å². The molecule has 0 aromatic heterocycles. The molecule has 126 valence electrons. The van der Waals surface area contributed by atoms with Gasteiger partial charge in [-0.2, -0.15) is 0 Å². The van der Waals surface area contributed by atoms with E-state index in [0.29, 0.717) is 23.7 Å². The summed E-state index contributed by atoms with van der Waals surface area (Å²) in [5.74, 6) is -0.614. The molecule has 0 radical (unpaired) electrons. The highest BCUT2D eigenvalue weighted by Gasteiger charge is 2.14. The van der Waals surface area contributed by atoms with Crippen molar-refractivity contribution in [2.45, 2.75) is 13.3 Å². The second-order valence-electron chi connectivity index (χ2n) is 5.27. The van der Waals surface area contributed by atoms with Crippen LogP contribution in [0.25, 0.3) is 0 Å². The summed E-state index contributed by atoms with van der Waals surface area (Å²) in [4.78, 5) is 23.8. The number of ether oxygens (including phenoxy) is 1. The summed E-state index contributed by atoms with van der Waals surface area (Å²) in [6, 6.07) is 12.7. The Morgan fingerprint density at radius 1 is 1.08 bits per heavy atom. The number of halogens is 1. The molecule has 6 heteroatoms. The Bertz CT molecular complexity index is 730. The van der Waals surface area contributed by atoms with E-state index in [-0.39, 0.29) is 0 Å². The van der Waals surface area contributed by atoms with Gasteiger partial charge < -0.3 is 15.4 Å². The number of hydrogen-bond acceptors (Lipinski definition) is 3. The van der Waals surface area contributed by atoms with Crippen LogP contribution in [0, 0.1) is 6.92 Å². The first-order valence-corrected chi connectivity index (χ1v) is 7.85. The lowest BCUT2D eigenvalue weighted by molar-refractivity contribution is -0.136. The number of nitrogens with one attached hydrogen (secondary N) is 2. The minimum Gasteiger partial charge on any atom is -0.497 e. The zero-order chi connectivity index (χ0) is 17.5. The van der Waals surface area contributed by atoms with Crippen LogP contribution in [0.2, 0.25) is 5.02 Å². The van der Waals surface area contributed by atoms with Gasteiger partial charge in [-0.3, -0.25) is 9.59 Å². The Balaban J connectivity index is 1.83. The van der Waals surface area contributed by atoms with Crippen LogP contribution < -0.4 is 15.4 Å². The Morgan fingerprint density at radius 2 is 1.79 bits per heavy atom. The third-order valence-electron chi connectivity index (χ3n) is 3.51. The van der Waals surface area contributed by atoms with Gasteiger partial charge in [-0.1, -0.05) is 29.8 Å². The molecule has 24 heavy (non-hydrogen) atoms. The van der Waals surface area contributed by atoms with Crippen molar-refractivity contribution in [2.24, 2.45) is 0 Å². The van der Waals surface area contributed by atoms with E-state index in [1.807, 2.05) is 31.2 Å². The molecule has 0 fully saturated rings. The first-order valence-electron chi connectivity index (χ1n) is 7.48. The van der Waals surface area contributed by atoms with Crippen LogP contribution in [0.15, 0.2) is 42.5 Å². The average Bonchev–Trinajstić information content (AvgIpc) is 2.58. The number of hydrogen-bond donors (Lipinski definition) is 2. The van der Waals surface area contributed by atoms with Crippen LogP contribution in [-0.4, -0.2) is 25.5 Å². The molecule has 0 spiro atoms. The largest absolute Gasteiger partial charge is 0.497 e. The number of carbonyl (C=O) groups excluding carboxylic acids is 2. The van der Waals surface area contributed by atoms with E-state index in [9.17, 15) is 9.59 Å². The van der Waals surface area contributed by atoms with Gasteiger partial charge in [0.05, 0.1) is 7.11 Å². The molecule has 2 amide bonds. The number of amides is 2. The van der Waals surface area contributed by atoms with Gasteiger partial charge >= 0.3 is 11.8 Å². The Labute approximate surface area is 146 Å². The highest BCUT2D eigenvalue weighted by Crippen LogP contribution is 2.20. The fourth-order valence-corrected chi connectivity index (χ4v) is 2.27. The molecular formula is C18H19ClN2O3. The summed E-state index contributed by atoms with van der Waals surface area (Å²) in [6.07, 6.45) is 0.624. The predicted octanol–water partition coefficient (Wildman–Crippen LogP) is 2.95. The van der Waals surface area contributed by atoms with E-state index >= 15 is 0 Å². The van der Waals surface area contributed by atoms with Crippen molar-refractivity contribution in [1.82, 2.24) is 5.32 Å². The first kappa shape index (κ1) is 17.8. The Hall–Kier alpha value is -2.53. The number of aryl methyl sites for hydroxylation is 1. The first-order chi connectivity index (χ1) is 11.5. The SMILES string of the molecule is COc1ccc(CCNC(=O)C(=O)Nc2cc(Cl)ccc2C)cc1.